The maximum atomic E-state index is 12.5. The minimum atomic E-state index is -0.311. The van der Waals surface area contributed by atoms with Crippen LogP contribution < -0.4 is 0 Å². The molecule has 2 rings (SSSR count). The lowest BCUT2D eigenvalue weighted by molar-refractivity contribution is 0.0596. The van der Waals surface area contributed by atoms with Gasteiger partial charge in [-0.3, -0.25) is 4.68 Å². The quantitative estimate of drug-likeness (QED) is 0.690. The molecule has 0 radical (unpaired) electrons. The van der Waals surface area contributed by atoms with Crippen LogP contribution in [0.3, 0.4) is 0 Å². The van der Waals surface area contributed by atoms with Crippen molar-refractivity contribution in [1.29, 1.82) is 0 Å². The summed E-state index contributed by atoms with van der Waals surface area (Å²) in [5, 5.41) is 4.76. The van der Waals surface area contributed by atoms with Gasteiger partial charge in [0.25, 0.3) is 0 Å². The Labute approximate surface area is 152 Å². The molecular weight excluding hydrogens is 368 g/mol. The van der Waals surface area contributed by atoms with Crippen LogP contribution in [0.25, 0.3) is 0 Å². The molecule has 0 bridgehead atoms. The molecule has 24 heavy (non-hydrogen) atoms. The fraction of sp³-hybridized carbons (Fsp3) is 0.474. The summed E-state index contributed by atoms with van der Waals surface area (Å²) in [5.41, 5.74) is 3.25. The standard InChI is InChI=1S/C19H25BrN2O2/c1-6-11-22-15(12-13-7-9-14(20)10-8-13)16(18(23)24-5)17(21-22)19(2,3)4/h7-10H,6,11-12H2,1-5H3. The van der Waals surface area contributed by atoms with Crippen molar-refractivity contribution in [3.8, 4) is 0 Å². The zero-order valence-electron chi connectivity index (χ0n) is 15.0. The first kappa shape index (κ1) is 18.7. The highest BCUT2D eigenvalue weighted by atomic mass is 79.9. The summed E-state index contributed by atoms with van der Waals surface area (Å²) in [6, 6.07) is 8.15. The number of benzene rings is 1. The summed E-state index contributed by atoms with van der Waals surface area (Å²) in [7, 11) is 1.43. The minimum absolute atomic E-state index is 0.225. The van der Waals surface area contributed by atoms with Crippen LogP contribution in [0.5, 0.6) is 0 Å². The van der Waals surface area contributed by atoms with Gasteiger partial charge in [-0.2, -0.15) is 5.10 Å². The van der Waals surface area contributed by atoms with Crippen molar-refractivity contribution < 1.29 is 9.53 Å². The third-order valence-electron chi connectivity index (χ3n) is 3.88. The molecule has 130 valence electrons. The van der Waals surface area contributed by atoms with Crippen molar-refractivity contribution >= 4 is 21.9 Å². The molecule has 1 aromatic heterocycles. The molecule has 4 nitrogen and oxygen atoms in total. The number of nitrogens with zero attached hydrogens (tertiary/aromatic N) is 2. The van der Waals surface area contributed by atoms with E-state index in [1.165, 1.54) is 7.11 Å². The van der Waals surface area contributed by atoms with Crippen LogP contribution in [0.1, 0.15) is 61.4 Å². The third-order valence-corrected chi connectivity index (χ3v) is 4.41. The SMILES string of the molecule is CCCn1nc(C(C)(C)C)c(C(=O)OC)c1Cc1ccc(Br)cc1. The topological polar surface area (TPSA) is 44.1 Å². The van der Waals surface area contributed by atoms with Gasteiger partial charge in [0.2, 0.25) is 0 Å². The van der Waals surface area contributed by atoms with E-state index >= 15 is 0 Å². The molecule has 0 aliphatic carbocycles. The largest absolute Gasteiger partial charge is 0.465 e. The number of carbonyl (C=O) groups excluding carboxylic acids is 1. The summed E-state index contributed by atoms with van der Waals surface area (Å²) < 4.78 is 8.07. The van der Waals surface area contributed by atoms with Gasteiger partial charge >= 0.3 is 5.97 Å². The average Bonchev–Trinajstić information content (AvgIpc) is 2.88. The third kappa shape index (κ3) is 4.07. The molecule has 0 saturated carbocycles. The average molecular weight is 393 g/mol. The second kappa shape index (κ2) is 7.51. The van der Waals surface area contributed by atoms with Crippen LogP contribution in [-0.4, -0.2) is 22.9 Å². The van der Waals surface area contributed by atoms with Crippen molar-refractivity contribution in [3.63, 3.8) is 0 Å². The van der Waals surface area contributed by atoms with E-state index in [9.17, 15) is 4.79 Å². The van der Waals surface area contributed by atoms with Gasteiger partial charge in [-0.25, -0.2) is 4.79 Å². The summed E-state index contributed by atoms with van der Waals surface area (Å²) in [6.07, 6.45) is 1.61. The van der Waals surface area contributed by atoms with E-state index < -0.39 is 0 Å². The number of rotatable bonds is 5. The Bertz CT molecular complexity index is 712. The zero-order valence-corrected chi connectivity index (χ0v) is 16.6. The molecule has 0 N–H and O–H groups in total. The van der Waals surface area contributed by atoms with Crippen molar-refractivity contribution in [3.05, 3.63) is 51.3 Å². The number of aryl methyl sites for hydroxylation is 1. The van der Waals surface area contributed by atoms with Crippen molar-refractivity contribution in [2.45, 2.75) is 52.5 Å². The van der Waals surface area contributed by atoms with Gasteiger partial charge in [0.15, 0.2) is 0 Å². The fourth-order valence-corrected chi connectivity index (χ4v) is 2.97. The number of hydrogen-bond donors (Lipinski definition) is 0. The second-order valence-corrected chi connectivity index (χ2v) is 7.85. The Morgan fingerprint density at radius 3 is 2.38 bits per heavy atom. The lowest BCUT2D eigenvalue weighted by atomic mass is 9.88. The van der Waals surface area contributed by atoms with E-state index in [-0.39, 0.29) is 11.4 Å². The molecule has 0 atom stereocenters. The Hall–Kier alpha value is -1.62. The van der Waals surface area contributed by atoms with Gasteiger partial charge in [0.1, 0.15) is 5.56 Å². The van der Waals surface area contributed by atoms with Gasteiger partial charge in [0, 0.05) is 22.9 Å². The van der Waals surface area contributed by atoms with Crippen LogP contribution in [0.2, 0.25) is 0 Å². The predicted molar refractivity (Wildman–Crippen MR) is 99.5 cm³/mol. The highest BCUT2D eigenvalue weighted by molar-refractivity contribution is 9.10. The summed E-state index contributed by atoms with van der Waals surface area (Å²) in [5.74, 6) is -0.311. The first-order valence-corrected chi connectivity index (χ1v) is 9.00. The number of esters is 1. The first-order valence-electron chi connectivity index (χ1n) is 8.20. The van der Waals surface area contributed by atoms with E-state index in [2.05, 4.69) is 55.8 Å². The van der Waals surface area contributed by atoms with Gasteiger partial charge in [-0.05, 0) is 24.1 Å². The van der Waals surface area contributed by atoms with Crippen molar-refractivity contribution in [1.82, 2.24) is 9.78 Å². The molecule has 0 spiro atoms. The Kier molecular flexibility index (Phi) is 5.86. The molecule has 0 amide bonds. The van der Waals surface area contributed by atoms with E-state index in [1.807, 2.05) is 16.8 Å². The molecule has 1 aromatic carbocycles. The fourth-order valence-electron chi connectivity index (χ4n) is 2.71. The van der Waals surface area contributed by atoms with Gasteiger partial charge in [-0.1, -0.05) is 55.8 Å². The van der Waals surface area contributed by atoms with Gasteiger partial charge < -0.3 is 4.74 Å². The van der Waals surface area contributed by atoms with Gasteiger partial charge in [-0.15, -0.1) is 0 Å². The normalized spacial score (nSPS) is 11.6. The molecule has 0 unspecified atom stereocenters. The Balaban J connectivity index is 2.59. The maximum absolute atomic E-state index is 12.5. The molecular formula is C19H25BrN2O2. The summed E-state index contributed by atoms with van der Waals surface area (Å²) >= 11 is 3.46. The number of halogens is 1. The molecule has 1 heterocycles. The molecule has 0 fully saturated rings. The number of hydrogen-bond acceptors (Lipinski definition) is 3. The smallest absolute Gasteiger partial charge is 0.341 e. The number of ether oxygens (including phenoxy) is 1. The highest BCUT2D eigenvalue weighted by Gasteiger charge is 2.31. The van der Waals surface area contributed by atoms with Crippen LogP contribution in [-0.2, 0) is 23.1 Å². The molecule has 0 aliphatic heterocycles. The van der Waals surface area contributed by atoms with E-state index in [1.54, 1.807) is 0 Å². The highest BCUT2D eigenvalue weighted by Crippen LogP contribution is 2.29. The van der Waals surface area contributed by atoms with E-state index in [0.29, 0.717) is 12.0 Å². The second-order valence-electron chi connectivity index (χ2n) is 6.94. The van der Waals surface area contributed by atoms with Crippen LogP contribution >= 0.6 is 15.9 Å². The maximum Gasteiger partial charge on any atom is 0.341 e. The Morgan fingerprint density at radius 2 is 1.88 bits per heavy atom. The van der Waals surface area contributed by atoms with E-state index in [4.69, 9.17) is 9.84 Å². The van der Waals surface area contributed by atoms with Crippen LogP contribution in [0.15, 0.2) is 28.7 Å². The van der Waals surface area contributed by atoms with Crippen LogP contribution in [0.4, 0.5) is 0 Å². The minimum Gasteiger partial charge on any atom is -0.465 e. The van der Waals surface area contributed by atoms with Gasteiger partial charge in [0.05, 0.1) is 18.5 Å². The molecule has 5 heteroatoms. The number of methoxy groups -OCH3 is 1. The molecule has 2 aromatic rings. The lowest BCUT2D eigenvalue weighted by Gasteiger charge is -2.16. The molecule has 0 aliphatic rings. The first-order chi connectivity index (χ1) is 11.3. The van der Waals surface area contributed by atoms with Crippen molar-refractivity contribution in [2.75, 3.05) is 7.11 Å². The molecule has 0 saturated heterocycles. The van der Waals surface area contributed by atoms with Crippen molar-refractivity contribution in [2.24, 2.45) is 0 Å². The number of aromatic nitrogens is 2. The van der Waals surface area contributed by atoms with Crippen LogP contribution in [0, 0.1) is 0 Å². The zero-order chi connectivity index (χ0) is 17.9. The summed E-state index contributed by atoms with van der Waals surface area (Å²) in [4.78, 5) is 12.5. The van der Waals surface area contributed by atoms with E-state index in [0.717, 1.165) is 34.4 Å². The monoisotopic (exact) mass is 392 g/mol. The predicted octanol–water partition coefficient (Wildman–Crippen LogP) is 4.73. The lowest BCUT2D eigenvalue weighted by Crippen LogP contribution is -2.18. The Morgan fingerprint density at radius 1 is 1.25 bits per heavy atom. The summed E-state index contributed by atoms with van der Waals surface area (Å²) in [6.45, 7) is 9.11. The number of carbonyl (C=O) groups is 1.